The summed E-state index contributed by atoms with van der Waals surface area (Å²) in [5.74, 6) is -0.681. The molecule has 1 saturated heterocycles. The molecule has 144 valence electrons. The first-order valence-electron chi connectivity index (χ1n) is 8.51. The highest BCUT2D eigenvalue weighted by Crippen LogP contribution is 2.35. The molecule has 0 atom stereocenters. The van der Waals surface area contributed by atoms with Gasteiger partial charge in [-0.25, -0.2) is 4.99 Å². The first-order chi connectivity index (χ1) is 13.9. The van der Waals surface area contributed by atoms with Crippen LogP contribution in [0.1, 0.15) is 5.56 Å². The lowest BCUT2D eigenvalue weighted by atomic mass is 10.1. The number of rotatable bonds is 3. The first kappa shape index (κ1) is 18.6. The number of phenols is 1. The van der Waals surface area contributed by atoms with E-state index in [9.17, 15) is 20.0 Å². The van der Waals surface area contributed by atoms with Gasteiger partial charge in [0.15, 0.2) is 10.9 Å². The van der Waals surface area contributed by atoms with E-state index < -0.39 is 16.4 Å². The number of phenolic OH excluding ortho intramolecular Hbond substituents is 1. The standard InChI is InChI=1S/C20H14N4O4S/c1-23-19(26)18(10-12-4-7-17(25)16(9-12)24(27)28)29-20(23)22-14-5-6-15-13(11-14)3-2-8-21-15/h2-11,25H,1H3/b18-10-,22-20?. The number of aromatic nitrogens is 1. The van der Waals surface area contributed by atoms with Crippen LogP contribution in [0.4, 0.5) is 11.4 Å². The van der Waals surface area contributed by atoms with Gasteiger partial charge in [0, 0.05) is 24.7 Å². The van der Waals surface area contributed by atoms with Crippen LogP contribution >= 0.6 is 11.8 Å². The van der Waals surface area contributed by atoms with E-state index in [1.807, 2.05) is 30.3 Å². The molecule has 1 aliphatic heterocycles. The van der Waals surface area contributed by atoms with Crippen molar-refractivity contribution in [3.63, 3.8) is 0 Å². The molecule has 0 aliphatic carbocycles. The van der Waals surface area contributed by atoms with Crippen molar-refractivity contribution < 1.29 is 14.8 Å². The van der Waals surface area contributed by atoms with Crippen LogP contribution in [0.2, 0.25) is 0 Å². The van der Waals surface area contributed by atoms with Gasteiger partial charge in [-0.2, -0.15) is 0 Å². The number of pyridine rings is 1. The maximum absolute atomic E-state index is 12.6. The fourth-order valence-corrected chi connectivity index (χ4v) is 3.81. The third-order valence-electron chi connectivity index (χ3n) is 4.31. The number of hydrogen-bond acceptors (Lipinski definition) is 7. The molecule has 1 fully saturated rings. The van der Waals surface area contributed by atoms with Crippen LogP contribution in [0.25, 0.3) is 17.0 Å². The summed E-state index contributed by atoms with van der Waals surface area (Å²) in [5.41, 5.74) is 1.57. The average molecular weight is 406 g/mol. The summed E-state index contributed by atoms with van der Waals surface area (Å²) in [7, 11) is 1.62. The van der Waals surface area contributed by atoms with E-state index in [1.54, 1.807) is 19.3 Å². The normalized spacial score (nSPS) is 16.9. The van der Waals surface area contributed by atoms with Crippen molar-refractivity contribution in [3.05, 3.63) is 75.3 Å². The molecule has 4 rings (SSSR count). The van der Waals surface area contributed by atoms with Gasteiger partial charge < -0.3 is 5.11 Å². The predicted molar refractivity (Wildman–Crippen MR) is 112 cm³/mol. The van der Waals surface area contributed by atoms with E-state index >= 15 is 0 Å². The first-order valence-corrected chi connectivity index (χ1v) is 9.32. The molecular weight excluding hydrogens is 392 g/mol. The topological polar surface area (TPSA) is 109 Å². The summed E-state index contributed by atoms with van der Waals surface area (Å²) in [5, 5.41) is 22.0. The fourth-order valence-electron chi connectivity index (χ4n) is 2.82. The number of nitro benzene ring substituents is 1. The highest BCUT2D eigenvalue weighted by atomic mass is 32.2. The van der Waals surface area contributed by atoms with Gasteiger partial charge in [0.05, 0.1) is 21.0 Å². The minimum absolute atomic E-state index is 0.257. The summed E-state index contributed by atoms with van der Waals surface area (Å²) in [4.78, 5) is 33.5. The number of benzene rings is 2. The van der Waals surface area contributed by atoms with Crippen molar-refractivity contribution in [2.45, 2.75) is 0 Å². The highest BCUT2D eigenvalue weighted by molar-refractivity contribution is 8.18. The fraction of sp³-hybridized carbons (Fsp3) is 0.0500. The number of likely N-dealkylation sites (N-methyl/N-ethyl adjacent to an activating group) is 1. The maximum Gasteiger partial charge on any atom is 0.311 e. The average Bonchev–Trinajstić information content (AvgIpc) is 2.97. The number of amides is 1. The number of thioether (sulfide) groups is 1. The Morgan fingerprint density at radius 3 is 2.86 bits per heavy atom. The van der Waals surface area contributed by atoms with Crippen LogP contribution in [-0.2, 0) is 4.79 Å². The van der Waals surface area contributed by atoms with E-state index in [2.05, 4.69) is 9.98 Å². The van der Waals surface area contributed by atoms with Crippen LogP contribution in [-0.4, -0.2) is 38.0 Å². The van der Waals surface area contributed by atoms with Gasteiger partial charge in [0.1, 0.15) is 0 Å². The number of carbonyl (C=O) groups excluding carboxylic acids is 1. The van der Waals surface area contributed by atoms with Gasteiger partial charge in [0.25, 0.3) is 5.91 Å². The van der Waals surface area contributed by atoms with Gasteiger partial charge in [-0.3, -0.25) is 24.8 Å². The van der Waals surface area contributed by atoms with Gasteiger partial charge in [-0.1, -0.05) is 12.1 Å². The molecule has 9 heteroatoms. The summed E-state index contributed by atoms with van der Waals surface area (Å²) in [6.07, 6.45) is 3.26. The van der Waals surface area contributed by atoms with Gasteiger partial charge >= 0.3 is 5.69 Å². The predicted octanol–water partition coefficient (Wildman–Crippen LogP) is 4.08. The molecule has 29 heavy (non-hydrogen) atoms. The van der Waals surface area contributed by atoms with E-state index in [0.717, 1.165) is 10.9 Å². The zero-order chi connectivity index (χ0) is 20.5. The number of nitrogens with zero attached hydrogens (tertiary/aromatic N) is 4. The minimum Gasteiger partial charge on any atom is -0.502 e. The third-order valence-corrected chi connectivity index (χ3v) is 5.37. The zero-order valence-corrected chi connectivity index (χ0v) is 16.0. The number of carbonyl (C=O) groups is 1. The molecule has 2 aromatic carbocycles. The molecule has 1 aliphatic rings. The molecule has 8 nitrogen and oxygen atoms in total. The summed E-state index contributed by atoms with van der Waals surface area (Å²) in [6, 6.07) is 13.3. The molecule has 1 N–H and O–H groups in total. The number of aliphatic imine (C=N–C) groups is 1. The molecule has 2 heterocycles. The number of hydrogen-bond donors (Lipinski definition) is 1. The van der Waals surface area contributed by atoms with Crippen LogP contribution in [0, 0.1) is 10.1 Å². The van der Waals surface area contributed by atoms with Crippen molar-refractivity contribution >= 4 is 51.2 Å². The molecule has 3 aromatic rings. The molecule has 1 amide bonds. The second-order valence-corrected chi connectivity index (χ2v) is 7.26. The zero-order valence-electron chi connectivity index (χ0n) is 15.1. The molecule has 0 unspecified atom stereocenters. The second kappa shape index (κ2) is 7.36. The number of fused-ring (bicyclic) bond motifs is 1. The second-order valence-electron chi connectivity index (χ2n) is 6.25. The molecule has 1 aromatic heterocycles. The molecular formula is C20H14N4O4S. The minimum atomic E-state index is -0.672. The Kier molecular flexibility index (Phi) is 4.73. The Balaban J connectivity index is 1.66. The quantitative estimate of drug-likeness (QED) is 0.399. The Bertz CT molecular complexity index is 1220. The third kappa shape index (κ3) is 3.67. The Labute approximate surface area is 169 Å². The number of amidine groups is 1. The Morgan fingerprint density at radius 1 is 1.24 bits per heavy atom. The molecule has 0 spiro atoms. The van der Waals surface area contributed by atoms with Crippen molar-refractivity contribution in [1.82, 2.24) is 9.88 Å². The van der Waals surface area contributed by atoms with Crippen LogP contribution in [0.5, 0.6) is 5.75 Å². The lowest BCUT2D eigenvalue weighted by Crippen LogP contribution is -2.23. The van der Waals surface area contributed by atoms with Crippen LogP contribution in [0.15, 0.2) is 64.6 Å². The van der Waals surface area contributed by atoms with E-state index in [-0.39, 0.29) is 5.91 Å². The van der Waals surface area contributed by atoms with Gasteiger partial charge in [0.2, 0.25) is 0 Å². The number of aromatic hydroxyl groups is 1. The van der Waals surface area contributed by atoms with Crippen molar-refractivity contribution in [3.8, 4) is 5.75 Å². The van der Waals surface area contributed by atoms with Crippen molar-refractivity contribution in [2.75, 3.05) is 7.05 Å². The Hall–Kier alpha value is -3.72. The van der Waals surface area contributed by atoms with E-state index in [1.165, 1.54) is 34.9 Å². The van der Waals surface area contributed by atoms with E-state index in [0.29, 0.717) is 21.3 Å². The van der Waals surface area contributed by atoms with Crippen LogP contribution in [0.3, 0.4) is 0 Å². The molecule has 0 saturated carbocycles. The Morgan fingerprint density at radius 2 is 2.07 bits per heavy atom. The smallest absolute Gasteiger partial charge is 0.311 e. The maximum atomic E-state index is 12.6. The molecule has 0 radical (unpaired) electrons. The lowest BCUT2D eigenvalue weighted by Gasteiger charge is -2.07. The summed E-state index contributed by atoms with van der Waals surface area (Å²) < 4.78 is 0. The molecule has 0 bridgehead atoms. The SMILES string of the molecule is CN1C(=O)/C(=C/c2ccc(O)c([N+](=O)[O-])c2)SC1=Nc1ccc2ncccc2c1. The summed E-state index contributed by atoms with van der Waals surface area (Å²) >= 11 is 1.18. The van der Waals surface area contributed by atoms with Crippen LogP contribution < -0.4 is 0 Å². The van der Waals surface area contributed by atoms with Gasteiger partial charge in [-0.15, -0.1) is 0 Å². The van der Waals surface area contributed by atoms with E-state index in [4.69, 9.17) is 0 Å². The monoisotopic (exact) mass is 406 g/mol. The summed E-state index contributed by atoms with van der Waals surface area (Å²) in [6.45, 7) is 0. The lowest BCUT2D eigenvalue weighted by molar-refractivity contribution is -0.385. The highest BCUT2D eigenvalue weighted by Gasteiger charge is 2.30. The van der Waals surface area contributed by atoms with Crippen molar-refractivity contribution in [2.24, 2.45) is 4.99 Å². The number of nitro groups is 1. The van der Waals surface area contributed by atoms with Gasteiger partial charge in [-0.05, 0) is 53.7 Å². The largest absolute Gasteiger partial charge is 0.502 e. The van der Waals surface area contributed by atoms with Crippen molar-refractivity contribution in [1.29, 1.82) is 0 Å².